The van der Waals surface area contributed by atoms with E-state index in [4.69, 9.17) is 8.94 Å². The molecular formula is C16H17N5O3S. The first-order chi connectivity index (χ1) is 12.2. The Balaban J connectivity index is 1.58. The van der Waals surface area contributed by atoms with Crippen LogP contribution in [0, 0.1) is 6.92 Å². The lowest BCUT2D eigenvalue weighted by molar-refractivity contribution is 0.0705. The van der Waals surface area contributed by atoms with Crippen LogP contribution in [0.5, 0.6) is 0 Å². The predicted octanol–water partition coefficient (Wildman–Crippen LogP) is 3.03. The van der Waals surface area contributed by atoms with E-state index in [9.17, 15) is 4.79 Å². The van der Waals surface area contributed by atoms with Crippen molar-refractivity contribution in [3.8, 4) is 10.8 Å². The molecule has 1 saturated heterocycles. The third kappa shape index (κ3) is 2.84. The van der Waals surface area contributed by atoms with Gasteiger partial charge >= 0.3 is 0 Å². The highest BCUT2D eigenvalue weighted by Crippen LogP contribution is 2.34. The molecule has 0 aromatic carbocycles. The summed E-state index contributed by atoms with van der Waals surface area (Å²) in [7, 11) is 0. The zero-order valence-corrected chi connectivity index (χ0v) is 14.7. The van der Waals surface area contributed by atoms with Crippen molar-refractivity contribution in [1.29, 1.82) is 0 Å². The minimum Gasteiger partial charge on any atom is -0.418 e. The number of amides is 1. The number of aromatic nitrogens is 4. The van der Waals surface area contributed by atoms with Crippen LogP contribution in [-0.2, 0) is 6.42 Å². The minimum atomic E-state index is -0.233. The van der Waals surface area contributed by atoms with Gasteiger partial charge in [-0.15, -0.1) is 21.5 Å². The van der Waals surface area contributed by atoms with Crippen LogP contribution in [0.3, 0.4) is 0 Å². The summed E-state index contributed by atoms with van der Waals surface area (Å²) in [6, 6.07) is 1.46. The molecule has 25 heavy (non-hydrogen) atoms. The number of hydrogen-bond acceptors (Lipinski definition) is 8. The Morgan fingerprint density at radius 1 is 1.44 bits per heavy atom. The van der Waals surface area contributed by atoms with Crippen LogP contribution in [0.2, 0.25) is 0 Å². The molecule has 0 N–H and O–H groups in total. The van der Waals surface area contributed by atoms with Crippen molar-refractivity contribution in [2.24, 2.45) is 0 Å². The number of rotatable bonds is 4. The second-order valence-electron chi connectivity index (χ2n) is 5.90. The smallest absolute Gasteiger partial charge is 0.276 e. The van der Waals surface area contributed by atoms with Crippen molar-refractivity contribution in [2.75, 3.05) is 6.54 Å². The van der Waals surface area contributed by atoms with Gasteiger partial charge in [0.1, 0.15) is 16.7 Å². The Morgan fingerprint density at radius 2 is 2.32 bits per heavy atom. The fraction of sp³-hybridized carbons (Fsp3) is 0.438. The van der Waals surface area contributed by atoms with Crippen LogP contribution in [0.25, 0.3) is 10.8 Å². The summed E-state index contributed by atoms with van der Waals surface area (Å²) in [5.41, 5.74) is 2.92. The molecule has 1 aliphatic rings. The molecule has 3 aromatic heterocycles. The normalized spacial score (nSPS) is 17.4. The Bertz CT molecular complexity index is 899. The van der Waals surface area contributed by atoms with E-state index in [0.717, 1.165) is 23.4 Å². The number of nitrogens with zero attached hydrogens (tertiary/aromatic N) is 5. The highest BCUT2D eigenvalue weighted by atomic mass is 32.1. The molecule has 3 aromatic rings. The quantitative estimate of drug-likeness (QED) is 0.706. The van der Waals surface area contributed by atoms with E-state index in [-0.39, 0.29) is 11.9 Å². The van der Waals surface area contributed by atoms with Crippen LogP contribution in [0.15, 0.2) is 20.5 Å². The average molecular weight is 359 g/mol. The molecule has 0 radical (unpaired) electrons. The Kier molecular flexibility index (Phi) is 4.08. The minimum absolute atomic E-state index is 0.167. The van der Waals surface area contributed by atoms with Gasteiger partial charge in [0, 0.05) is 19.0 Å². The van der Waals surface area contributed by atoms with Crippen LogP contribution >= 0.6 is 11.3 Å². The summed E-state index contributed by atoms with van der Waals surface area (Å²) in [4.78, 5) is 19.5. The average Bonchev–Trinajstić information content (AvgIpc) is 3.38. The van der Waals surface area contributed by atoms with Crippen molar-refractivity contribution in [3.63, 3.8) is 0 Å². The first-order valence-corrected chi connectivity index (χ1v) is 9.05. The van der Waals surface area contributed by atoms with Crippen LogP contribution < -0.4 is 0 Å². The number of thiazole rings is 1. The molecule has 1 aliphatic heterocycles. The molecule has 8 nitrogen and oxygen atoms in total. The third-order valence-electron chi connectivity index (χ3n) is 4.31. The first kappa shape index (κ1) is 15.9. The summed E-state index contributed by atoms with van der Waals surface area (Å²) in [6.45, 7) is 4.49. The van der Waals surface area contributed by atoms with Gasteiger partial charge in [-0.05, 0) is 19.8 Å². The van der Waals surface area contributed by atoms with Crippen molar-refractivity contribution < 1.29 is 13.7 Å². The second-order valence-corrected chi connectivity index (χ2v) is 6.76. The molecule has 0 saturated carbocycles. The molecule has 9 heteroatoms. The Labute approximate surface area is 147 Å². The van der Waals surface area contributed by atoms with Gasteiger partial charge in [-0.2, -0.15) is 0 Å². The van der Waals surface area contributed by atoms with Crippen molar-refractivity contribution >= 4 is 17.2 Å². The molecule has 0 spiro atoms. The van der Waals surface area contributed by atoms with Gasteiger partial charge in [0.15, 0.2) is 5.69 Å². The van der Waals surface area contributed by atoms with Gasteiger partial charge in [0.05, 0.1) is 11.2 Å². The summed E-state index contributed by atoms with van der Waals surface area (Å²) < 4.78 is 11.0. The van der Waals surface area contributed by atoms with Gasteiger partial charge in [-0.1, -0.05) is 12.1 Å². The molecule has 0 bridgehead atoms. The van der Waals surface area contributed by atoms with E-state index in [1.165, 1.54) is 11.3 Å². The predicted molar refractivity (Wildman–Crippen MR) is 89.0 cm³/mol. The first-order valence-electron chi connectivity index (χ1n) is 8.17. The molecule has 1 amide bonds. The van der Waals surface area contributed by atoms with E-state index < -0.39 is 0 Å². The van der Waals surface area contributed by atoms with Crippen LogP contribution in [0.4, 0.5) is 0 Å². The maximum atomic E-state index is 12.8. The van der Waals surface area contributed by atoms with Gasteiger partial charge in [-0.3, -0.25) is 4.79 Å². The Hall–Kier alpha value is -2.55. The fourth-order valence-electron chi connectivity index (χ4n) is 2.96. The summed E-state index contributed by atoms with van der Waals surface area (Å²) in [6.07, 6.45) is 2.37. The molecule has 130 valence electrons. The molecule has 1 atom stereocenters. The zero-order chi connectivity index (χ0) is 17.4. The Morgan fingerprint density at radius 3 is 3.04 bits per heavy atom. The number of likely N-dealkylation sites (tertiary alicyclic amines) is 1. The standard InChI is InChI=1S/C16H17N5O3S/c1-3-10-7-11(20-24-10)16(22)21-6-4-5-12(21)14-18-19-15(23-14)13-9(2)17-8-25-13/h7-8,12H,3-6H2,1-2H3/t12-/m1/s1. The van der Waals surface area contributed by atoms with Gasteiger partial charge < -0.3 is 13.8 Å². The van der Waals surface area contributed by atoms with E-state index in [2.05, 4.69) is 20.3 Å². The number of carbonyl (C=O) groups is 1. The zero-order valence-electron chi connectivity index (χ0n) is 13.9. The fourth-order valence-corrected chi connectivity index (χ4v) is 3.69. The molecule has 0 aliphatic carbocycles. The van der Waals surface area contributed by atoms with Crippen LogP contribution in [0.1, 0.15) is 53.6 Å². The lowest BCUT2D eigenvalue weighted by atomic mass is 10.2. The monoisotopic (exact) mass is 359 g/mol. The lowest BCUT2D eigenvalue weighted by Gasteiger charge is -2.20. The van der Waals surface area contributed by atoms with Gasteiger partial charge in [0.2, 0.25) is 5.89 Å². The SMILES string of the molecule is CCc1cc(C(=O)N2CCC[C@@H]2c2nnc(-c3scnc3C)o2)no1. The number of aryl methyl sites for hydroxylation is 2. The number of carbonyl (C=O) groups excluding carboxylic acids is 1. The summed E-state index contributed by atoms with van der Waals surface area (Å²) in [5.74, 6) is 1.43. The van der Waals surface area contributed by atoms with Crippen LogP contribution in [-0.4, -0.2) is 37.7 Å². The third-order valence-corrected chi connectivity index (χ3v) is 5.22. The largest absolute Gasteiger partial charge is 0.418 e. The highest BCUT2D eigenvalue weighted by Gasteiger charge is 2.35. The van der Waals surface area contributed by atoms with E-state index in [1.54, 1.807) is 16.5 Å². The van der Waals surface area contributed by atoms with E-state index in [0.29, 0.717) is 36.2 Å². The maximum Gasteiger partial charge on any atom is 0.276 e. The molecule has 4 heterocycles. The van der Waals surface area contributed by atoms with E-state index in [1.807, 2.05) is 13.8 Å². The van der Waals surface area contributed by atoms with Crippen molar-refractivity contribution in [1.82, 2.24) is 25.2 Å². The molecule has 1 fully saturated rings. The second kappa shape index (κ2) is 6.40. The topological polar surface area (TPSA) is 98.2 Å². The van der Waals surface area contributed by atoms with Crippen molar-refractivity contribution in [3.05, 3.63) is 34.6 Å². The van der Waals surface area contributed by atoms with Gasteiger partial charge in [0.25, 0.3) is 11.8 Å². The summed E-state index contributed by atoms with van der Waals surface area (Å²) >= 11 is 1.46. The lowest BCUT2D eigenvalue weighted by Crippen LogP contribution is -2.31. The van der Waals surface area contributed by atoms with Gasteiger partial charge in [-0.25, -0.2) is 4.98 Å². The maximum absolute atomic E-state index is 12.8. The highest BCUT2D eigenvalue weighted by molar-refractivity contribution is 7.13. The molecule has 4 rings (SSSR count). The number of hydrogen-bond donors (Lipinski definition) is 0. The molecular weight excluding hydrogens is 342 g/mol. The molecule has 0 unspecified atom stereocenters. The van der Waals surface area contributed by atoms with E-state index >= 15 is 0 Å². The van der Waals surface area contributed by atoms with Crippen molar-refractivity contribution in [2.45, 2.75) is 39.2 Å². The summed E-state index contributed by atoms with van der Waals surface area (Å²) in [5, 5.41) is 12.2.